The van der Waals surface area contributed by atoms with Gasteiger partial charge in [0.2, 0.25) is 0 Å². The highest BCUT2D eigenvalue weighted by Gasteiger charge is 2.17. The van der Waals surface area contributed by atoms with E-state index in [1.54, 1.807) is 0 Å². The molecule has 1 amide bonds. The molecular formula is C19H21IN2O. The van der Waals surface area contributed by atoms with Gasteiger partial charge in [-0.3, -0.25) is 4.79 Å². The summed E-state index contributed by atoms with van der Waals surface area (Å²) in [5, 5.41) is 3.04. The monoisotopic (exact) mass is 420 g/mol. The van der Waals surface area contributed by atoms with Crippen LogP contribution in [0.5, 0.6) is 0 Å². The fourth-order valence-electron chi connectivity index (χ4n) is 3.01. The predicted octanol–water partition coefficient (Wildman–Crippen LogP) is 3.78. The average Bonchev–Trinajstić information content (AvgIpc) is 2.94. The maximum absolute atomic E-state index is 12.2. The van der Waals surface area contributed by atoms with Crippen LogP contribution in [0, 0.1) is 10.5 Å². The Bertz CT molecular complexity index is 714. The Balaban J connectivity index is 1.48. The highest BCUT2D eigenvalue weighted by molar-refractivity contribution is 14.1. The highest BCUT2D eigenvalue weighted by atomic mass is 127. The molecule has 23 heavy (non-hydrogen) atoms. The van der Waals surface area contributed by atoms with Gasteiger partial charge in [0, 0.05) is 28.9 Å². The molecule has 0 radical (unpaired) electrons. The number of carbonyl (C=O) groups excluding carboxylic acids is 1. The van der Waals surface area contributed by atoms with Crippen LogP contribution >= 0.6 is 22.6 Å². The second-order valence-corrected chi connectivity index (χ2v) is 7.12. The fraction of sp³-hybridized carbons (Fsp3) is 0.316. The molecular weight excluding hydrogens is 399 g/mol. The first kappa shape index (κ1) is 16.3. The smallest absolute Gasteiger partial charge is 0.252 e. The third kappa shape index (κ3) is 3.86. The van der Waals surface area contributed by atoms with Crippen LogP contribution in [-0.2, 0) is 6.42 Å². The topological polar surface area (TPSA) is 32.3 Å². The van der Waals surface area contributed by atoms with E-state index in [2.05, 4.69) is 57.1 Å². The first-order valence-corrected chi connectivity index (χ1v) is 9.10. The summed E-state index contributed by atoms with van der Waals surface area (Å²) in [6, 6.07) is 14.5. The van der Waals surface area contributed by atoms with Crippen molar-refractivity contribution >= 4 is 34.2 Å². The van der Waals surface area contributed by atoms with Gasteiger partial charge in [-0.15, -0.1) is 0 Å². The molecule has 2 aromatic carbocycles. The zero-order valence-corrected chi connectivity index (χ0v) is 15.5. The second kappa shape index (κ2) is 7.34. The number of anilines is 1. The summed E-state index contributed by atoms with van der Waals surface area (Å²) >= 11 is 2.22. The number of aryl methyl sites for hydroxylation is 1. The number of hydrogen-bond donors (Lipinski definition) is 1. The maximum atomic E-state index is 12.2. The van der Waals surface area contributed by atoms with Gasteiger partial charge in [-0.05, 0) is 66.1 Å². The lowest BCUT2D eigenvalue weighted by molar-refractivity contribution is 0.0952. The summed E-state index contributed by atoms with van der Waals surface area (Å²) in [7, 11) is 0. The van der Waals surface area contributed by atoms with Crippen LogP contribution in [-0.4, -0.2) is 25.5 Å². The first-order chi connectivity index (χ1) is 11.1. The number of halogens is 1. The summed E-state index contributed by atoms with van der Waals surface area (Å²) < 4.78 is 1.01. The van der Waals surface area contributed by atoms with Crippen molar-refractivity contribution in [3.05, 3.63) is 62.7 Å². The van der Waals surface area contributed by atoms with E-state index in [1.165, 1.54) is 16.8 Å². The van der Waals surface area contributed by atoms with E-state index in [1.807, 2.05) is 25.1 Å². The van der Waals surface area contributed by atoms with Crippen LogP contribution in [0.25, 0.3) is 0 Å². The van der Waals surface area contributed by atoms with Crippen molar-refractivity contribution in [3.63, 3.8) is 0 Å². The summed E-state index contributed by atoms with van der Waals surface area (Å²) in [6.07, 6.45) is 2.09. The molecule has 3 rings (SSSR count). The Morgan fingerprint density at radius 1 is 1.26 bits per heavy atom. The van der Waals surface area contributed by atoms with Crippen LogP contribution < -0.4 is 10.2 Å². The van der Waals surface area contributed by atoms with Gasteiger partial charge >= 0.3 is 0 Å². The molecule has 0 bridgehead atoms. The Morgan fingerprint density at radius 2 is 2.09 bits per heavy atom. The predicted molar refractivity (Wildman–Crippen MR) is 103 cm³/mol. The van der Waals surface area contributed by atoms with Crippen LogP contribution in [0.3, 0.4) is 0 Å². The highest BCUT2D eigenvalue weighted by Crippen LogP contribution is 2.27. The quantitative estimate of drug-likeness (QED) is 0.590. The van der Waals surface area contributed by atoms with Crippen LogP contribution in [0.15, 0.2) is 42.5 Å². The van der Waals surface area contributed by atoms with Gasteiger partial charge in [0.1, 0.15) is 0 Å². The molecule has 3 nitrogen and oxygen atoms in total. The molecule has 1 N–H and O–H groups in total. The summed E-state index contributed by atoms with van der Waals surface area (Å²) in [6.45, 7) is 4.82. The first-order valence-electron chi connectivity index (χ1n) is 8.02. The van der Waals surface area contributed by atoms with Crippen molar-refractivity contribution in [1.29, 1.82) is 0 Å². The lowest BCUT2D eigenvalue weighted by Gasteiger charge is -2.19. The van der Waals surface area contributed by atoms with E-state index in [-0.39, 0.29) is 5.91 Å². The average molecular weight is 420 g/mol. The number of fused-ring (bicyclic) bond motifs is 1. The van der Waals surface area contributed by atoms with Gasteiger partial charge in [-0.2, -0.15) is 0 Å². The molecule has 120 valence electrons. The van der Waals surface area contributed by atoms with E-state index in [9.17, 15) is 4.79 Å². The molecule has 0 atom stereocenters. The summed E-state index contributed by atoms with van der Waals surface area (Å²) in [5.74, 6) is 0.0243. The molecule has 1 heterocycles. The van der Waals surface area contributed by atoms with Crippen LogP contribution in [0.2, 0.25) is 0 Å². The van der Waals surface area contributed by atoms with Crippen molar-refractivity contribution in [3.8, 4) is 0 Å². The van der Waals surface area contributed by atoms with Gasteiger partial charge in [0.05, 0.1) is 5.56 Å². The molecule has 0 aliphatic carbocycles. The number of rotatable bonds is 5. The van der Waals surface area contributed by atoms with Gasteiger partial charge in [-0.1, -0.05) is 29.8 Å². The third-order valence-electron chi connectivity index (χ3n) is 4.24. The van der Waals surface area contributed by atoms with E-state index in [0.717, 1.165) is 35.1 Å². The number of benzene rings is 2. The molecule has 4 heteroatoms. The van der Waals surface area contributed by atoms with E-state index >= 15 is 0 Å². The van der Waals surface area contributed by atoms with Crippen molar-refractivity contribution < 1.29 is 4.79 Å². The Hall–Kier alpha value is -1.56. The molecule has 2 aromatic rings. The van der Waals surface area contributed by atoms with Gasteiger partial charge in [0.25, 0.3) is 5.91 Å². The standard InChI is InChI=1S/C19H21IN2O/c1-14-7-8-16(17(20)13-14)19(23)21-10-4-11-22-12-9-15-5-2-3-6-18(15)22/h2-3,5-8,13H,4,9-12H2,1H3,(H,21,23). The van der Waals surface area contributed by atoms with Crippen molar-refractivity contribution in [2.75, 3.05) is 24.5 Å². The third-order valence-corrected chi connectivity index (χ3v) is 5.14. The number of nitrogens with zero attached hydrogens (tertiary/aromatic N) is 1. The molecule has 0 fully saturated rings. The molecule has 0 spiro atoms. The van der Waals surface area contributed by atoms with Crippen molar-refractivity contribution in [2.24, 2.45) is 0 Å². The van der Waals surface area contributed by atoms with Crippen LogP contribution in [0.1, 0.15) is 27.9 Å². The zero-order valence-electron chi connectivity index (χ0n) is 13.3. The summed E-state index contributed by atoms with van der Waals surface area (Å²) in [4.78, 5) is 14.7. The van der Waals surface area contributed by atoms with Crippen molar-refractivity contribution in [1.82, 2.24) is 5.32 Å². The minimum atomic E-state index is 0.0243. The maximum Gasteiger partial charge on any atom is 0.252 e. The van der Waals surface area contributed by atoms with Crippen LogP contribution in [0.4, 0.5) is 5.69 Å². The Kier molecular flexibility index (Phi) is 5.20. The van der Waals surface area contributed by atoms with Gasteiger partial charge in [-0.25, -0.2) is 0 Å². The van der Waals surface area contributed by atoms with E-state index < -0.39 is 0 Å². The number of amides is 1. The Morgan fingerprint density at radius 3 is 2.91 bits per heavy atom. The largest absolute Gasteiger partial charge is 0.371 e. The van der Waals surface area contributed by atoms with E-state index in [0.29, 0.717) is 6.54 Å². The molecule has 0 unspecified atom stereocenters. The SMILES string of the molecule is Cc1ccc(C(=O)NCCCN2CCc3ccccc32)c(I)c1. The van der Waals surface area contributed by atoms with Gasteiger partial charge in [0.15, 0.2) is 0 Å². The van der Waals surface area contributed by atoms with Crippen molar-refractivity contribution in [2.45, 2.75) is 19.8 Å². The number of para-hydroxylation sites is 1. The number of nitrogens with one attached hydrogen (secondary N) is 1. The molecule has 1 aliphatic rings. The number of hydrogen-bond acceptors (Lipinski definition) is 2. The van der Waals surface area contributed by atoms with Gasteiger partial charge < -0.3 is 10.2 Å². The normalized spacial score (nSPS) is 13.0. The lowest BCUT2D eigenvalue weighted by Crippen LogP contribution is -2.29. The summed E-state index contributed by atoms with van der Waals surface area (Å²) in [5.41, 5.74) is 4.74. The minimum Gasteiger partial charge on any atom is -0.371 e. The van der Waals surface area contributed by atoms with E-state index in [4.69, 9.17) is 0 Å². The molecule has 0 aromatic heterocycles. The molecule has 0 saturated carbocycles. The second-order valence-electron chi connectivity index (χ2n) is 5.96. The zero-order chi connectivity index (χ0) is 16.2. The fourth-order valence-corrected chi connectivity index (χ4v) is 3.93. The number of carbonyl (C=O) groups is 1. The Labute approximate surface area is 151 Å². The molecule has 1 aliphatic heterocycles. The minimum absolute atomic E-state index is 0.0243. The molecule has 0 saturated heterocycles. The lowest BCUT2D eigenvalue weighted by atomic mass is 10.1.